The third kappa shape index (κ3) is 46.8. The molecule has 0 spiro atoms. The fourth-order valence-electron chi connectivity index (χ4n) is 1.47. The maximum absolute atomic E-state index is 5.59. The summed E-state index contributed by atoms with van der Waals surface area (Å²) >= 11 is 0. The van der Waals surface area contributed by atoms with Crippen molar-refractivity contribution in [2.24, 2.45) is 0 Å². The monoisotopic (exact) mass is 496 g/mol. The first-order chi connectivity index (χ1) is 10.4. The molecular weight excluding hydrogens is 448 g/mol. The maximum Gasteiger partial charge on any atom is 4.00 e. The Hall–Kier alpha value is 1.16. The Bertz CT molecular complexity index is 254. The van der Waals surface area contributed by atoms with Crippen LogP contribution in [0.2, 0.25) is 0 Å². The minimum Gasteiger partial charge on any atom is -0.663 e. The molecule has 0 heterocycles. The van der Waals surface area contributed by atoms with E-state index in [1.165, 1.54) is 0 Å². The van der Waals surface area contributed by atoms with E-state index in [1.54, 1.807) is 0 Å². The smallest absolute Gasteiger partial charge is 0.663 e. The van der Waals surface area contributed by atoms with Crippen molar-refractivity contribution in [3.8, 4) is 0 Å². The average Bonchev–Trinajstić information content (AvgIpc) is 2.27. The first-order valence-corrected chi connectivity index (χ1v) is 12.3. The Morgan fingerprint density at radius 1 is 0.556 bits per heavy atom. The van der Waals surface area contributed by atoms with E-state index in [1.807, 2.05) is 0 Å². The van der Waals surface area contributed by atoms with Gasteiger partial charge in [-0.3, -0.25) is 0 Å². The molecule has 0 unspecified atom stereocenters. The van der Waals surface area contributed by atoms with Gasteiger partial charge in [-0.25, -0.2) is 0 Å². The summed E-state index contributed by atoms with van der Waals surface area (Å²) in [5, 5.41) is 0. The number of nitrogens with zero attached hydrogens (tertiary/aromatic N) is 2. The van der Waals surface area contributed by atoms with E-state index in [-0.39, 0.29) is 82.7 Å². The predicted molar refractivity (Wildman–Crippen MR) is 128 cm³/mol. The van der Waals surface area contributed by atoms with Crippen molar-refractivity contribution in [1.29, 1.82) is 0 Å². The summed E-state index contributed by atoms with van der Waals surface area (Å²) in [6.45, 7) is 25.3. The molecule has 0 rings (SSSR count). The van der Waals surface area contributed by atoms with Gasteiger partial charge in [0.2, 0.25) is 0 Å². The van der Waals surface area contributed by atoms with Crippen LogP contribution in [0.15, 0.2) is 0 Å². The minimum absolute atomic E-state index is 0. The normalized spacial score (nSPS) is 12.9. The molecule has 0 amide bonds. The standard InChI is InChI=1S/2C9H22NOSi.2CH3.Zr/c2*1-8(2,3)10-12-7-11-9(4,5)6;;;/h2*7,12H2,1-6H3;2*1H3;/q4*-1;+4. The zero-order chi connectivity index (χ0) is 19.7. The number of hydrogen-bond donors (Lipinski definition) is 0. The number of rotatable bonds is 6. The van der Waals surface area contributed by atoms with E-state index in [0.29, 0.717) is 0 Å². The van der Waals surface area contributed by atoms with Gasteiger partial charge in [-0.2, -0.15) is 0 Å². The van der Waals surface area contributed by atoms with E-state index < -0.39 is 0 Å². The van der Waals surface area contributed by atoms with Crippen LogP contribution in [0.25, 0.3) is 9.96 Å². The van der Waals surface area contributed by atoms with E-state index in [4.69, 9.17) is 9.47 Å². The van der Waals surface area contributed by atoms with Crippen LogP contribution in [0.1, 0.15) is 83.1 Å². The molecule has 0 aromatic rings. The van der Waals surface area contributed by atoms with Crippen LogP contribution in [0.4, 0.5) is 0 Å². The van der Waals surface area contributed by atoms with Crippen LogP contribution < -0.4 is 0 Å². The van der Waals surface area contributed by atoms with E-state index in [9.17, 15) is 0 Å². The Balaban J connectivity index is -0.000000108. The molecule has 0 aromatic heterocycles. The minimum atomic E-state index is -0.370. The molecule has 4 nitrogen and oxygen atoms in total. The molecule has 7 heteroatoms. The summed E-state index contributed by atoms with van der Waals surface area (Å²) in [5.74, 6) is 0. The summed E-state index contributed by atoms with van der Waals surface area (Å²) in [4.78, 5) is 9.15. The summed E-state index contributed by atoms with van der Waals surface area (Å²) in [6, 6.07) is 0. The Labute approximate surface area is 197 Å². The van der Waals surface area contributed by atoms with Gasteiger partial charge >= 0.3 is 26.2 Å². The van der Waals surface area contributed by atoms with Gasteiger partial charge in [0.1, 0.15) is 0 Å². The first kappa shape index (κ1) is 38.7. The zero-order valence-corrected chi connectivity index (χ0v) is 26.3. The third-order valence-electron chi connectivity index (χ3n) is 2.43. The van der Waals surface area contributed by atoms with Crippen LogP contribution in [0.3, 0.4) is 0 Å². The summed E-state index contributed by atoms with van der Waals surface area (Å²) < 4.78 is 11.2. The van der Waals surface area contributed by atoms with Crippen molar-refractivity contribution in [2.45, 2.75) is 105 Å². The fourth-order valence-corrected chi connectivity index (χ4v) is 4.40. The van der Waals surface area contributed by atoms with Gasteiger partial charge in [0.15, 0.2) is 0 Å². The SMILES string of the molecule is CC(C)(C)[N-][SiH2]COC(C)(C)C.CC(C)(C)[N-][SiH2]COC(C)(C)C.[CH3-].[CH3-].[Zr+4]. The molecule has 0 atom stereocenters. The molecule has 0 saturated heterocycles. The predicted octanol–water partition coefficient (Wildman–Crippen LogP) is 4.93. The van der Waals surface area contributed by atoms with Gasteiger partial charge in [-0.05, 0) is 41.5 Å². The van der Waals surface area contributed by atoms with Gasteiger partial charge in [-0.1, -0.05) is 60.9 Å². The maximum atomic E-state index is 5.59. The zero-order valence-electron chi connectivity index (χ0n) is 21.0. The Morgan fingerprint density at radius 3 is 0.926 bits per heavy atom. The van der Waals surface area contributed by atoms with Crippen molar-refractivity contribution in [1.82, 2.24) is 0 Å². The molecule has 0 fully saturated rings. The van der Waals surface area contributed by atoms with Crippen LogP contribution in [0, 0.1) is 14.9 Å². The van der Waals surface area contributed by atoms with Gasteiger partial charge in [0.25, 0.3) is 0 Å². The molecule has 164 valence electrons. The number of hydrogen-bond acceptors (Lipinski definition) is 2. The molecule has 0 aliphatic carbocycles. The van der Waals surface area contributed by atoms with E-state index in [2.05, 4.69) is 93.0 Å². The Kier molecular flexibility index (Phi) is 24.2. The van der Waals surface area contributed by atoms with Crippen LogP contribution >= 0.6 is 0 Å². The van der Waals surface area contributed by atoms with E-state index >= 15 is 0 Å². The Morgan fingerprint density at radius 2 is 0.778 bits per heavy atom. The molecular formula is C20H50N2O2Si2Zr. The molecule has 0 aromatic carbocycles. The summed E-state index contributed by atoms with van der Waals surface area (Å²) in [5.41, 5.74) is 0.266. The van der Waals surface area contributed by atoms with E-state index in [0.717, 1.165) is 12.5 Å². The van der Waals surface area contributed by atoms with Crippen LogP contribution in [-0.2, 0) is 35.7 Å². The molecule has 0 N–H and O–H groups in total. The third-order valence-corrected chi connectivity index (χ3v) is 5.54. The fraction of sp³-hybridized carbons (Fsp3) is 0.900. The second-order valence-electron chi connectivity index (χ2n) is 10.0. The van der Waals surface area contributed by atoms with Gasteiger partial charge < -0.3 is 34.3 Å². The number of ether oxygens (including phenoxy) is 2. The van der Waals surface area contributed by atoms with Crippen molar-refractivity contribution in [3.63, 3.8) is 0 Å². The molecule has 27 heavy (non-hydrogen) atoms. The largest absolute Gasteiger partial charge is 4.00 e. The quantitative estimate of drug-likeness (QED) is 0.297. The van der Waals surface area contributed by atoms with Gasteiger partial charge in [0.05, 0.1) is 11.2 Å². The molecule has 0 aliphatic rings. The van der Waals surface area contributed by atoms with Crippen molar-refractivity contribution in [2.75, 3.05) is 12.5 Å². The average molecular weight is 498 g/mol. The topological polar surface area (TPSA) is 46.7 Å². The van der Waals surface area contributed by atoms with Gasteiger partial charge in [0, 0.05) is 12.5 Å². The second-order valence-corrected chi connectivity index (χ2v) is 12.4. The van der Waals surface area contributed by atoms with Crippen LogP contribution in [-0.4, -0.2) is 54.1 Å². The second kappa shape index (κ2) is 16.9. The summed E-state index contributed by atoms with van der Waals surface area (Å²) in [6.07, 6.45) is 1.72. The molecule has 0 aliphatic heterocycles. The van der Waals surface area contributed by atoms with Crippen LogP contribution in [0.5, 0.6) is 0 Å². The van der Waals surface area contributed by atoms with Crippen molar-refractivity contribution < 1.29 is 35.7 Å². The van der Waals surface area contributed by atoms with Crippen molar-refractivity contribution >= 4 is 19.4 Å². The molecule has 0 radical (unpaired) electrons. The van der Waals surface area contributed by atoms with Gasteiger partial charge in [-0.15, -0.1) is 11.1 Å². The van der Waals surface area contributed by atoms with Crippen molar-refractivity contribution in [3.05, 3.63) is 24.8 Å². The first-order valence-electron chi connectivity index (χ1n) is 9.07. The summed E-state index contributed by atoms with van der Waals surface area (Å²) in [7, 11) is -0.740. The molecule has 0 saturated carbocycles. The molecule has 0 bridgehead atoms.